The summed E-state index contributed by atoms with van der Waals surface area (Å²) in [6.07, 6.45) is 7.50. The molecular formula is C59H40N4Si. The van der Waals surface area contributed by atoms with Crippen LogP contribution < -0.4 is 30.5 Å². The van der Waals surface area contributed by atoms with Gasteiger partial charge in [0.15, 0.2) is 8.07 Å². The van der Waals surface area contributed by atoms with Crippen LogP contribution in [0.25, 0.3) is 22.3 Å². The van der Waals surface area contributed by atoms with Crippen LogP contribution in [0.1, 0.15) is 22.3 Å². The lowest BCUT2D eigenvalue weighted by Gasteiger charge is -2.55. The Kier molecular flexibility index (Phi) is 8.11. The highest BCUT2D eigenvalue weighted by Gasteiger charge is 2.60. The molecule has 2 spiro atoms. The van der Waals surface area contributed by atoms with Crippen LogP contribution in [0.3, 0.4) is 0 Å². The van der Waals surface area contributed by atoms with Crippen LogP contribution >= 0.6 is 0 Å². The maximum Gasteiger partial charge on any atom is 0.184 e. The van der Waals surface area contributed by atoms with Gasteiger partial charge >= 0.3 is 0 Å². The Morgan fingerprint density at radius 2 is 0.672 bits per heavy atom. The first-order chi connectivity index (χ1) is 31.8. The molecule has 4 nitrogen and oxygen atoms in total. The largest absolute Gasteiger partial charge is 0.311 e. The fourth-order valence-corrected chi connectivity index (χ4v) is 17.1. The molecule has 0 atom stereocenters. The normalized spacial score (nSPS) is 14.4. The van der Waals surface area contributed by atoms with Crippen LogP contribution in [-0.4, -0.2) is 18.0 Å². The molecule has 0 fully saturated rings. The number of pyridine rings is 2. The molecule has 64 heavy (non-hydrogen) atoms. The zero-order valence-corrected chi connectivity index (χ0v) is 35.9. The van der Waals surface area contributed by atoms with E-state index in [1.807, 2.05) is 24.8 Å². The maximum atomic E-state index is 4.36. The zero-order chi connectivity index (χ0) is 42.2. The molecule has 0 unspecified atom stereocenters. The molecule has 3 aliphatic rings. The van der Waals surface area contributed by atoms with Crippen LogP contribution in [0, 0.1) is 0 Å². The molecule has 0 N–H and O–H groups in total. The summed E-state index contributed by atoms with van der Waals surface area (Å²) in [5, 5.41) is 5.67. The summed E-state index contributed by atoms with van der Waals surface area (Å²) < 4.78 is 0. The molecule has 3 aliphatic heterocycles. The third-order valence-electron chi connectivity index (χ3n) is 13.9. The van der Waals surface area contributed by atoms with Crippen LogP contribution in [-0.2, 0) is 5.41 Å². The van der Waals surface area contributed by atoms with Crippen molar-refractivity contribution in [3.63, 3.8) is 0 Å². The van der Waals surface area contributed by atoms with Crippen LogP contribution in [0.15, 0.2) is 243 Å². The van der Waals surface area contributed by atoms with Crippen molar-refractivity contribution >= 4 is 62.9 Å². The van der Waals surface area contributed by atoms with E-state index in [0.29, 0.717) is 0 Å². The van der Waals surface area contributed by atoms with Gasteiger partial charge in [0, 0.05) is 47.5 Å². The smallest absolute Gasteiger partial charge is 0.184 e. The Bertz CT molecular complexity index is 3220. The quantitative estimate of drug-likeness (QED) is 0.165. The summed E-state index contributed by atoms with van der Waals surface area (Å²) in [5.74, 6) is 0. The first-order valence-corrected chi connectivity index (χ1v) is 24.0. The molecule has 8 aromatic carbocycles. The van der Waals surface area contributed by atoms with Crippen molar-refractivity contribution in [2.75, 3.05) is 9.80 Å². The highest BCUT2D eigenvalue weighted by molar-refractivity contribution is 7.22. The lowest BCUT2D eigenvalue weighted by atomic mass is 9.62. The first-order valence-electron chi connectivity index (χ1n) is 22.0. The molecule has 0 aliphatic carbocycles. The number of fused-ring (bicyclic) bond motifs is 14. The predicted molar refractivity (Wildman–Crippen MR) is 265 cm³/mol. The minimum absolute atomic E-state index is 0.633. The second kappa shape index (κ2) is 14.2. The fourth-order valence-electron chi connectivity index (χ4n) is 11.5. The van der Waals surface area contributed by atoms with Gasteiger partial charge in [-0.2, -0.15) is 0 Å². The van der Waals surface area contributed by atoms with Crippen LogP contribution in [0.5, 0.6) is 0 Å². The number of hydrogen-bond donors (Lipinski definition) is 0. The standard InChI is InChI=1S/C59H40N4Si/c1-2-16-45(17-3-1)62-53-24-10-14-28-57(53)64(58-29-15-11-25-54(58)62)55-26-12-6-20-49(55)59(50-21-7-13-27-56(50)64)47-18-4-8-22-51(47)63(52-23-9-5-19-48(52)59)46-39-43(41-30-34-60-35-31-41)38-44(40-46)42-32-36-61-37-33-42/h1-40H. The van der Waals surface area contributed by atoms with Gasteiger partial charge in [-0.1, -0.05) is 140 Å². The van der Waals surface area contributed by atoms with Gasteiger partial charge in [0.25, 0.3) is 0 Å². The number of hydrogen-bond acceptors (Lipinski definition) is 4. The van der Waals surface area contributed by atoms with Gasteiger partial charge in [-0.05, 0) is 144 Å². The highest BCUT2D eigenvalue weighted by atomic mass is 28.3. The van der Waals surface area contributed by atoms with Crippen molar-refractivity contribution < 1.29 is 0 Å². The summed E-state index contributed by atoms with van der Waals surface area (Å²) in [7, 11) is -3.02. The van der Waals surface area contributed by atoms with E-state index in [2.05, 4.69) is 238 Å². The van der Waals surface area contributed by atoms with Crippen molar-refractivity contribution in [2.24, 2.45) is 0 Å². The number of benzene rings is 8. The van der Waals surface area contributed by atoms with E-state index in [-0.39, 0.29) is 0 Å². The van der Waals surface area contributed by atoms with E-state index in [9.17, 15) is 0 Å². The number of para-hydroxylation sites is 5. The summed E-state index contributed by atoms with van der Waals surface area (Å²) in [5.41, 5.74) is 16.2. The Labute approximate surface area is 374 Å². The number of aromatic nitrogens is 2. The Hall–Kier alpha value is -8.12. The average molecular weight is 833 g/mol. The van der Waals surface area contributed by atoms with Crippen molar-refractivity contribution in [1.29, 1.82) is 0 Å². The lowest BCUT2D eigenvalue weighted by molar-refractivity contribution is 0.736. The van der Waals surface area contributed by atoms with Gasteiger partial charge in [-0.15, -0.1) is 0 Å². The number of rotatable bonds is 4. The lowest BCUT2D eigenvalue weighted by Crippen LogP contribution is -2.81. The Balaban J connectivity index is 1.12. The SMILES string of the molecule is c1ccc(N2c3ccccc3[Si]3(c4ccccc42)c2ccccc2C2(c4ccccc4N(c4cc(-c5ccncc5)cc(-c5ccncc5)c4)c4ccccc42)c2ccccc23)cc1. The van der Waals surface area contributed by atoms with Gasteiger partial charge in [0.2, 0.25) is 0 Å². The van der Waals surface area contributed by atoms with Gasteiger partial charge in [-0.3, -0.25) is 9.97 Å². The molecular weight excluding hydrogens is 793 g/mol. The molecule has 0 saturated carbocycles. The number of nitrogens with zero attached hydrogens (tertiary/aromatic N) is 4. The van der Waals surface area contributed by atoms with Gasteiger partial charge in [-0.25, -0.2) is 0 Å². The fraction of sp³-hybridized carbons (Fsp3) is 0.0169. The molecule has 5 heteroatoms. The molecule has 300 valence electrons. The van der Waals surface area contributed by atoms with Crippen LogP contribution in [0.4, 0.5) is 34.1 Å². The van der Waals surface area contributed by atoms with E-state index >= 15 is 0 Å². The van der Waals surface area contributed by atoms with E-state index in [1.54, 1.807) is 0 Å². The minimum atomic E-state index is -3.02. The third kappa shape index (κ3) is 4.98. The van der Waals surface area contributed by atoms with E-state index < -0.39 is 13.5 Å². The van der Waals surface area contributed by atoms with E-state index in [0.717, 1.165) is 45.0 Å². The summed E-state index contributed by atoms with van der Waals surface area (Å²) in [4.78, 5) is 13.7. The van der Waals surface area contributed by atoms with Crippen molar-refractivity contribution in [2.45, 2.75) is 5.41 Å². The topological polar surface area (TPSA) is 32.3 Å². The molecule has 0 radical (unpaired) electrons. The second-order valence-corrected chi connectivity index (χ2v) is 20.6. The van der Waals surface area contributed by atoms with Crippen LogP contribution in [0.2, 0.25) is 0 Å². The van der Waals surface area contributed by atoms with Crippen molar-refractivity contribution in [1.82, 2.24) is 9.97 Å². The first kappa shape index (κ1) is 36.5. The number of anilines is 6. The molecule has 2 aromatic heterocycles. The van der Waals surface area contributed by atoms with Crippen molar-refractivity contribution in [3.8, 4) is 22.3 Å². The molecule has 13 rings (SSSR count). The molecule has 5 heterocycles. The summed E-state index contributed by atoms with van der Waals surface area (Å²) >= 11 is 0. The summed E-state index contributed by atoms with van der Waals surface area (Å²) in [6, 6.07) is 81.9. The van der Waals surface area contributed by atoms with Gasteiger partial charge in [0.05, 0.1) is 16.8 Å². The Morgan fingerprint density at radius 3 is 1.16 bits per heavy atom. The van der Waals surface area contributed by atoms with Crippen molar-refractivity contribution in [3.05, 3.63) is 265 Å². The molecule has 10 aromatic rings. The molecule has 0 bridgehead atoms. The van der Waals surface area contributed by atoms with Gasteiger partial charge < -0.3 is 9.80 Å². The maximum absolute atomic E-state index is 4.36. The average Bonchev–Trinajstić information content (AvgIpc) is 3.38. The predicted octanol–water partition coefficient (Wildman–Crippen LogP) is 11.5. The highest BCUT2D eigenvalue weighted by Crippen LogP contribution is 2.59. The van der Waals surface area contributed by atoms with Gasteiger partial charge in [0.1, 0.15) is 0 Å². The second-order valence-electron chi connectivity index (χ2n) is 16.9. The van der Waals surface area contributed by atoms with E-state index in [1.165, 1.54) is 54.4 Å². The molecule has 0 saturated heterocycles. The van der Waals surface area contributed by atoms with E-state index in [4.69, 9.17) is 0 Å². The third-order valence-corrected chi connectivity index (χ3v) is 18.8. The summed E-state index contributed by atoms with van der Waals surface area (Å²) in [6.45, 7) is 0. The Morgan fingerprint density at radius 1 is 0.297 bits per heavy atom. The monoisotopic (exact) mass is 832 g/mol. The minimum Gasteiger partial charge on any atom is -0.311 e. The zero-order valence-electron chi connectivity index (χ0n) is 34.9. The molecule has 0 amide bonds.